The second-order valence-corrected chi connectivity index (χ2v) is 2.18. The Balaban J connectivity index is 2.95. The molecule has 0 aromatic carbocycles. The second kappa shape index (κ2) is 6.55. The van der Waals surface area contributed by atoms with Crippen LogP contribution < -0.4 is 0 Å². The maximum absolute atomic E-state index is 9.56. The minimum Gasteiger partial charge on any atom is -0.457 e. The molecule has 0 bridgehead atoms. The van der Waals surface area contributed by atoms with E-state index in [4.69, 9.17) is 0 Å². The standard InChI is InChI=1S/C7H14NO2/c1-3-8(2)5-4-6-10-7-9/h3-6H2,1-2H3. The first-order valence-corrected chi connectivity index (χ1v) is 3.48. The molecule has 0 rings (SSSR count). The Bertz CT molecular complexity index is 85.7. The van der Waals surface area contributed by atoms with Crippen molar-refractivity contribution in [3.8, 4) is 0 Å². The van der Waals surface area contributed by atoms with Gasteiger partial charge < -0.3 is 9.64 Å². The molecule has 0 aromatic heterocycles. The Morgan fingerprint density at radius 2 is 2.30 bits per heavy atom. The predicted octanol–water partition coefficient (Wildman–Crippen LogP) is 0.412. The summed E-state index contributed by atoms with van der Waals surface area (Å²) >= 11 is 0. The summed E-state index contributed by atoms with van der Waals surface area (Å²) in [5.74, 6) is 0. The predicted molar refractivity (Wildman–Crippen MR) is 39.4 cm³/mol. The van der Waals surface area contributed by atoms with Crippen LogP contribution in [-0.2, 0) is 9.53 Å². The van der Waals surface area contributed by atoms with Gasteiger partial charge in [0.05, 0.1) is 6.61 Å². The van der Waals surface area contributed by atoms with Gasteiger partial charge in [0, 0.05) is 6.54 Å². The van der Waals surface area contributed by atoms with Gasteiger partial charge in [0.25, 0.3) is 0 Å². The van der Waals surface area contributed by atoms with Crippen LogP contribution in [0.5, 0.6) is 0 Å². The monoisotopic (exact) mass is 144 g/mol. The molecule has 10 heavy (non-hydrogen) atoms. The third-order valence-electron chi connectivity index (χ3n) is 1.38. The fourth-order valence-electron chi connectivity index (χ4n) is 0.606. The Morgan fingerprint density at radius 3 is 2.80 bits per heavy atom. The Kier molecular flexibility index (Phi) is 6.18. The van der Waals surface area contributed by atoms with E-state index in [1.165, 1.54) is 6.47 Å². The summed E-state index contributed by atoms with van der Waals surface area (Å²) in [6.07, 6.45) is 0.888. The average molecular weight is 144 g/mol. The lowest BCUT2D eigenvalue weighted by atomic mass is 10.4. The quantitative estimate of drug-likeness (QED) is 0.506. The van der Waals surface area contributed by atoms with Gasteiger partial charge in [0.1, 0.15) is 0 Å². The SMILES string of the molecule is CCN(C)CCCO[C]=O. The molecule has 0 amide bonds. The van der Waals surface area contributed by atoms with Gasteiger partial charge >= 0.3 is 6.47 Å². The molecule has 1 radical (unpaired) electrons. The smallest absolute Gasteiger partial charge is 0.417 e. The van der Waals surface area contributed by atoms with Crippen LogP contribution in [0.3, 0.4) is 0 Å². The second-order valence-electron chi connectivity index (χ2n) is 2.18. The normalized spacial score (nSPS) is 9.90. The Hall–Kier alpha value is -0.570. The van der Waals surface area contributed by atoms with Crippen molar-refractivity contribution >= 4 is 6.47 Å². The molecular weight excluding hydrogens is 130 g/mol. The van der Waals surface area contributed by atoms with E-state index in [9.17, 15) is 4.79 Å². The van der Waals surface area contributed by atoms with Gasteiger partial charge in [-0.2, -0.15) is 0 Å². The number of ether oxygens (including phenoxy) is 1. The highest BCUT2D eigenvalue weighted by atomic mass is 16.5. The summed E-state index contributed by atoms with van der Waals surface area (Å²) in [5.41, 5.74) is 0. The topological polar surface area (TPSA) is 29.5 Å². The van der Waals surface area contributed by atoms with Gasteiger partial charge in [-0.15, -0.1) is 0 Å². The minimum atomic E-state index is 0.480. The number of carbonyl (C=O) groups excluding carboxylic acids is 1. The van der Waals surface area contributed by atoms with Crippen LogP contribution in [0.4, 0.5) is 0 Å². The number of rotatable bonds is 6. The van der Waals surface area contributed by atoms with Gasteiger partial charge in [0.2, 0.25) is 0 Å². The largest absolute Gasteiger partial charge is 0.457 e. The maximum atomic E-state index is 9.56. The van der Waals surface area contributed by atoms with Crippen molar-refractivity contribution in [2.45, 2.75) is 13.3 Å². The molecule has 3 heteroatoms. The lowest BCUT2D eigenvalue weighted by Gasteiger charge is -2.11. The zero-order valence-corrected chi connectivity index (χ0v) is 6.59. The van der Waals surface area contributed by atoms with E-state index in [0.29, 0.717) is 6.61 Å². The molecule has 0 saturated heterocycles. The lowest BCUT2D eigenvalue weighted by Crippen LogP contribution is -2.19. The third-order valence-corrected chi connectivity index (χ3v) is 1.38. The van der Waals surface area contributed by atoms with Crippen molar-refractivity contribution in [3.05, 3.63) is 0 Å². The molecule has 0 atom stereocenters. The first kappa shape index (κ1) is 9.43. The fraction of sp³-hybridized carbons (Fsp3) is 0.857. The summed E-state index contributed by atoms with van der Waals surface area (Å²) in [6.45, 7) is 5.96. The highest BCUT2D eigenvalue weighted by Gasteiger charge is 1.92. The van der Waals surface area contributed by atoms with Crippen molar-refractivity contribution in [3.63, 3.8) is 0 Å². The summed E-state index contributed by atoms with van der Waals surface area (Å²) < 4.78 is 4.40. The molecule has 0 aliphatic rings. The van der Waals surface area contributed by atoms with E-state index in [2.05, 4.69) is 16.6 Å². The summed E-state index contributed by atoms with van der Waals surface area (Å²) in [7, 11) is 2.03. The van der Waals surface area contributed by atoms with Gasteiger partial charge in [-0.25, -0.2) is 4.79 Å². The first-order chi connectivity index (χ1) is 4.81. The van der Waals surface area contributed by atoms with Crippen LogP contribution in [0, 0.1) is 0 Å². The molecule has 0 saturated carbocycles. The molecule has 0 fully saturated rings. The summed E-state index contributed by atoms with van der Waals surface area (Å²) in [5, 5.41) is 0. The Morgan fingerprint density at radius 1 is 1.60 bits per heavy atom. The van der Waals surface area contributed by atoms with Gasteiger partial charge in [-0.3, -0.25) is 0 Å². The minimum absolute atomic E-state index is 0.480. The van der Waals surface area contributed by atoms with Crippen LogP contribution in [0.2, 0.25) is 0 Å². The molecule has 0 N–H and O–H groups in total. The van der Waals surface area contributed by atoms with Crippen LogP contribution in [0.1, 0.15) is 13.3 Å². The van der Waals surface area contributed by atoms with E-state index < -0.39 is 0 Å². The molecule has 3 nitrogen and oxygen atoms in total. The molecule has 0 heterocycles. The molecule has 0 unspecified atom stereocenters. The van der Waals surface area contributed by atoms with Crippen molar-refractivity contribution < 1.29 is 9.53 Å². The van der Waals surface area contributed by atoms with E-state index in [1.807, 2.05) is 7.05 Å². The lowest BCUT2D eigenvalue weighted by molar-refractivity contribution is 0.245. The van der Waals surface area contributed by atoms with Crippen LogP contribution in [-0.4, -0.2) is 38.1 Å². The molecule has 0 aliphatic heterocycles. The van der Waals surface area contributed by atoms with E-state index in [-0.39, 0.29) is 0 Å². The number of nitrogens with zero attached hydrogens (tertiary/aromatic N) is 1. The molecule has 0 aliphatic carbocycles. The fourth-order valence-corrected chi connectivity index (χ4v) is 0.606. The molecular formula is C7H14NO2. The zero-order valence-electron chi connectivity index (χ0n) is 6.59. The first-order valence-electron chi connectivity index (χ1n) is 3.48. The van der Waals surface area contributed by atoms with Crippen molar-refractivity contribution in [1.82, 2.24) is 4.90 Å². The summed E-state index contributed by atoms with van der Waals surface area (Å²) in [4.78, 5) is 11.7. The Labute approximate surface area is 62.0 Å². The van der Waals surface area contributed by atoms with Gasteiger partial charge in [-0.05, 0) is 20.0 Å². The van der Waals surface area contributed by atoms with Crippen molar-refractivity contribution in [2.75, 3.05) is 26.7 Å². The highest BCUT2D eigenvalue weighted by molar-refractivity contribution is 5.37. The number of hydrogen-bond acceptors (Lipinski definition) is 3. The average Bonchev–Trinajstić information content (AvgIpc) is 1.98. The highest BCUT2D eigenvalue weighted by Crippen LogP contribution is 1.85. The van der Waals surface area contributed by atoms with E-state index in [1.54, 1.807) is 0 Å². The third kappa shape index (κ3) is 5.56. The van der Waals surface area contributed by atoms with Crippen LogP contribution in [0.25, 0.3) is 0 Å². The summed E-state index contributed by atoms with van der Waals surface area (Å²) in [6, 6.07) is 0. The van der Waals surface area contributed by atoms with Gasteiger partial charge in [-0.1, -0.05) is 6.92 Å². The van der Waals surface area contributed by atoms with Crippen LogP contribution in [0.15, 0.2) is 0 Å². The van der Waals surface area contributed by atoms with Crippen molar-refractivity contribution in [2.24, 2.45) is 0 Å². The maximum Gasteiger partial charge on any atom is 0.417 e. The van der Waals surface area contributed by atoms with E-state index in [0.717, 1.165) is 19.5 Å². The van der Waals surface area contributed by atoms with E-state index >= 15 is 0 Å². The molecule has 0 spiro atoms. The number of hydrogen-bond donors (Lipinski definition) is 0. The molecule has 0 aromatic rings. The van der Waals surface area contributed by atoms with Gasteiger partial charge in [0.15, 0.2) is 0 Å². The zero-order chi connectivity index (χ0) is 7.82. The van der Waals surface area contributed by atoms with Crippen molar-refractivity contribution in [1.29, 1.82) is 0 Å². The van der Waals surface area contributed by atoms with Crippen LogP contribution >= 0.6 is 0 Å². The molecule has 59 valence electrons.